The van der Waals surface area contributed by atoms with Gasteiger partial charge in [-0.25, -0.2) is 4.57 Å². The van der Waals surface area contributed by atoms with Crippen LogP contribution in [0.3, 0.4) is 0 Å². The molecule has 1 atom stereocenters. The minimum atomic E-state index is -0.287. The van der Waals surface area contributed by atoms with Crippen LogP contribution in [0.25, 0.3) is 0 Å². The molecule has 0 aliphatic rings. The molecular weight excluding hydrogens is 189 g/mol. The molecule has 0 aromatic heterocycles. The van der Waals surface area contributed by atoms with Gasteiger partial charge in [-0.2, -0.15) is 0 Å². The summed E-state index contributed by atoms with van der Waals surface area (Å²) >= 11 is 0. The lowest BCUT2D eigenvalue weighted by Gasteiger charge is -2.19. The van der Waals surface area contributed by atoms with Crippen LogP contribution >= 0.6 is 8.69 Å². The van der Waals surface area contributed by atoms with Gasteiger partial charge < -0.3 is 10.5 Å². The predicted octanol–water partition coefficient (Wildman–Crippen LogP) is 1.60. The molecular formula is C8H18NO3P. The molecule has 4 nitrogen and oxygen atoms in total. The van der Waals surface area contributed by atoms with E-state index in [2.05, 4.69) is 0 Å². The second-order valence-corrected chi connectivity index (χ2v) is 3.57. The Morgan fingerprint density at radius 1 is 1.46 bits per heavy atom. The van der Waals surface area contributed by atoms with Crippen molar-refractivity contribution in [2.75, 3.05) is 19.8 Å². The third-order valence-corrected chi connectivity index (χ3v) is 1.97. The monoisotopic (exact) mass is 207 g/mol. The van der Waals surface area contributed by atoms with Crippen LogP contribution in [0.5, 0.6) is 0 Å². The van der Waals surface area contributed by atoms with Crippen molar-refractivity contribution in [3.8, 4) is 0 Å². The molecule has 0 fully saturated rings. The summed E-state index contributed by atoms with van der Waals surface area (Å²) in [5.74, 6) is 0.361. The fourth-order valence-corrected chi connectivity index (χ4v) is 1.06. The van der Waals surface area contributed by atoms with Crippen molar-refractivity contribution in [1.29, 1.82) is 0 Å². The molecule has 13 heavy (non-hydrogen) atoms. The van der Waals surface area contributed by atoms with E-state index in [1.807, 2.05) is 13.8 Å². The Balaban J connectivity index is 3.60. The van der Waals surface area contributed by atoms with Crippen LogP contribution in [0.1, 0.15) is 20.3 Å². The smallest absolute Gasteiger partial charge is 0.327 e. The van der Waals surface area contributed by atoms with E-state index >= 15 is 0 Å². The van der Waals surface area contributed by atoms with E-state index in [-0.39, 0.29) is 14.8 Å². The first-order valence-corrected chi connectivity index (χ1v) is 5.21. The van der Waals surface area contributed by atoms with Gasteiger partial charge in [0, 0.05) is 6.61 Å². The Hall–Kier alpha value is -0.0200. The van der Waals surface area contributed by atoms with Crippen molar-refractivity contribution in [3.63, 3.8) is 0 Å². The fraction of sp³-hybridized carbons (Fsp3) is 1.00. The highest BCUT2D eigenvalue weighted by molar-refractivity contribution is 7.17. The van der Waals surface area contributed by atoms with Gasteiger partial charge in [0.15, 0.2) is 0 Å². The lowest BCUT2D eigenvalue weighted by molar-refractivity contribution is -0.00513. The maximum absolute atomic E-state index is 10.1. The minimum absolute atomic E-state index is 0.00741. The summed E-state index contributed by atoms with van der Waals surface area (Å²) in [4.78, 5) is 0. The lowest BCUT2D eigenvalue weighted by atomic mass is 10.1. The van der Waals surface area contributed by atoms with E-state index in [0.717, 1.165) is 6.42 Å². The van der Waals surface area contributed by atoms with Crippen molar-refractivity contribution in [2.45, 2.75) is 26.4 Å². The highest BCUT2D eigenvalue weighted by atomic mass is 31.1. The molecule has 0 rings (SSSR count). The van der Waals surface area contributed by atoms with Gasteiger partial charge >= 0.3 is 8.69 Å². The molecule has 78 valence electrons. The fourth-order valence-electron chi connectivity index (χ4n) is 0.855. The Bertz CT molecular complexity index is 133. The van der Waals surface area contributed by atoms with E-state index in [1.165, 1.54) is 0 Å². The standard InChI is InChI=1S/C8H18NO3P/c1-7(2)8(6-12-13-10)11-5-3-4-9/h7-8H,3-6,9H2,1-2H3. The molecule has 0 spiro atoms. The van der Waals surface area contributed by atoms with Gasteiger partial charge in [0.25, 0.3) is 0 Å². The largest absolute Gasteiger partial charge is 0.375 e. The van der Waals surface area contributed by atoms with E-state index in [0.29, 0.717) is 25.7 Å². The van der Waals surface area contributed by atoms with E-state index in [9.17, 15) is 4.57 Å². The zero-order valence-electron chi connectivity index (χ0n) is 8.23. The third kappa shape index (κ3) is 7.08. The number of rotatable bonds is 8. The van der Waals surface area contributed by atoms with E-state index < -0.39 is 0 Å². The highest BCUT2D eigenvalue weighted by Crippen LogP contribution is 2.10. The van der Waals surface area contributed by atoms with Crippen molar-refractivity contribution < 1.29 is 13.8 Å². The molecule has 0 aromatic carbocycles. The lowest BCUT2D eigenvalue weighted by Crippen LogP contribution is -2.25. The van der Waals surface area contributed by atoms with Gasteiger partial charge in [0.2, 0.25) is 0 Å². The molecule has 0 radical (unpaired) electrons. The van der Waals surface area contributed by atoms with Crippen LogP contribution in [0, 0.1) is 5.92 Å². The van der Waals surface area contributed by atoms with E-state index in [4.69, 9.17) is 15.0 Å². The molecule has 0 aliphatic carbocycles. The van der Waals surface area contributed by atoms with Crippen LogP contribution in [0.4, 0.5) is 0 Å². The van der Waals surface area contributed by atoms with Gasteiger partial charge in [-0.05, 0) is 18.9 Å². The summed E-state index contributed by atoms with van der Waals surface area (Å²) in [6.45, 7) is 5.72. The molecule has 0 heterocycles. The second-order valence-electron chi connectivity index (χ2n) is 3.17. The minimum Gasteiger partial charge on any atom is -0.375 e. The third-order valence-electron chi connectivity index (χ3n) is 1.72. The zero-order valence-corrected chi connectivity index (χ0v) is 9.13. The molecule has 0 saturated carbocycles. The van der Waals surface area contributed by atoms with Crippen LogP contribution in [0.2, 0.25) is 0 Å². The number of hydrogen-bond donors (Lipinski definition) is 1. The summed E-state index contributed by atoms with van der Waals surface area (Å²) < 4.78 is 20.3. The van der Waals surface area contributed by atoms with Gasteiger partial charge in [-0.15, -0.1) is 0 Å². The molecule has 2 N–H and O–H groups in total. The van der Waals surface area contributed by atoms with Crippen molar-refractivity contribution in [1.82, 2.24) is 0 Å². The Labute approximate surface area is 81.1 Å². The van der Waals surface area contributed by atoms with Crippen LogP contribution in [-0.2, 0) is 13.8 Å². The number of ether oxygens (including phenoxy) is 1. The van der Waals surface area contributed by atoms with Crippen LogP contribution in [0.15, 0.2) is 0 Å². The summed E-state index contributed by atoms with van der Waals surface area (Å²) in [6.07, 6.45) is 0.853. The van der Waals surface area contributed by atoms with Crippen molar-refractivity contribution in [2.24, 2.45) is 11.7 Å². The number of hydrogen-bond acceptors (Lipinski definition) is 4. The Morgan fingerprint density at radius 2 is 2.15 bits per heavy atom. The molecule has 0 amide bonds. The quantitative estimate of drug-likeness (QED) is 0.485. The average Bonchev–Trinajstić information content (AvgIpc) is 2.10. The van der Waals surface area contributed by atoms with Crippen molar-refractivity contribution >= 4 is 8.69 Å². The molecule has 0 saturated heterocycles. The summed E-state index contributed by atoms with van der Waals surface area (Å²) in [5.41, 5.74) is 5.33. The normalized spacial score (nSPS) is 13.8. The SMILES string of the molecule is CC(C)C(COP=O)OCCCN. The maximum Gasteiger partial charge on any atom is 0.327 e. The predicted molar refractivity (Wildman–Crippen MR) is 51.8 cm³/mol. The number of nitrogens with two attached hydrogens (primary N) is 1. The second kappa shape index (κ2) is 8.57. The van der Waals surface area contributed by atoms with Crippen molar-refractivity contribution in [3.05, 3.63) is 0 Å². The molecule has 5 heteroatoms. The van der Waals surface area contributed by atoms with Gasteiger partial charge in [0.1, 0.15) is 0 Å². The van der Waals surface area contributed by atoms with Crippen LogP contribution in [-0.4, -0.2) is 25.9 Å². The van der Waals surface area contributed by atoms with Gasteiger partial charge in [0.05, 0.1) is 12.7 Å². The average molecular weight is 207 g/mol. The van der Waals surface area contributed by atoms with Gasteiger partial charge in [-0.3, -0.25) is 4.52 Å². The molecule has 0 bridgehead atoms. The first-order chi connectivity index (χ1) is 6.22. The Kier molecular flexibility index (Phi) is 8.56. The molecule has 1 unspecified atom stereocenters. The van der Waals surface area contributed by atoms with Gasteiger partial charge in [-0.1, -0.05) is 13.8 Å². The summed E-state index contributed by atoms with van der Waals surface area (Å²) in [5, 5.41) is 0. The first-order valence-electron chi connectivity index (χ1n) is 4.48. The first kappa shape index (κ1) is 13.0. The molecule has 0 aromatic rings. The molecule has 0 aliphatic heterocycles. The maximum atomic E-state index is 10.1. The van der Waals surface area contributed by atoms with Crippen LogP contribution < -0.4 is 5.73 Å². The zero-order chi connectivity index (χ0) is 10.1. The summed E-state index contributed by atoms with van der Waals surface area (Å²) in [6, 6.07) is 0. The highest BCUT2D eigenvalue weighted by Gasteiger charge is 2.13. The summed E-state index contributed by atoms with van der Waals surface area (Å²) in [7, 11) is -0.287. The van der Waals surface area contributed by atoms with E-state index in [1.54, 1.807) is 0 Å². The topological polar surface area (TPSA) is 61.5 Å². The Morgan fingerprint density at radius 3 is 2.62 bits per heavy atom.